The van der Waals surface area contributed by atoms with Gasteiger partial charge in [-0.15, -0.1) is 0 Å². The van der Waals surface area contributed by atoms with Crippen LogP contribution in [0.1, 0.15) is 56.7 Å². The van der Waals surface area contributed by atoms with Crippen molar-refractivity contribution in [3.8, 4) is 5.75 Å². The Kier molecular flexibility index (Phi) is 14.0. The molecule has 4 rings (SSSR count). The maximum absolute atomic E-state index is 13.0. The number of amides is 5. The van der Waals surface area contributed by atoms with Gasteiger partial charge in [0, 0.05) is 24.4 Å². The molecule has 0 saturated heterocycles. The van der Waals surface area contributed by atoms with Gasteiger partial charge in [-0.1, -0.05) is 55.8 Å². The van der Waals surface area contributed by atoms with Crippen LogP contribution in [0.25, 0.3) is 0 Å². The van der Waals surface area contributed by atoms with E-state index in [1.165, 1.54) is 24.3 Å². The van der Waals surface area contributed by atoms with Crippen molar-refractivity contribution in [1.82, 2.24) is 16.0 Å². The maximum Gasteiger partial charge on any atom is 0.514 e. The average Bonchev–Trinajstić information content (AvgIpc) is 3.06. The monoisotopic (exact) mass is 676 g/mol. The van der Waals surface area contributed by atoms with E-state index in [0.29, 0.717) is 30.6 Å². The highest BCUT2D eigenvalue weighted by molar-refractivity contribution is 6.07. The van der Waals surface area contributed by atoms with Gasteiger partial charge in [-0.3, -0.25) is 24.5 Å². The number of carbonyl (C=O) groups excluding carboxylic acids is 5. The van der Waals surface area contributed by atoms with Gasteiger partial charge >= 0.3 is 12.2 Å². The lowest BCUT2D eigenvalue weighted by Crippen LogP contribution is -2.56. The molecule has 1 aliphatic carbocycles. The van der Waals surface area contributed by atoms with Gasteiger partial charge in [-0.05, 0) is 61.6 Å². The lowest BCUT2D eigenvalue weighted by Gasteiger charge is -2.39. The summed E-state index contributed by atoms with van der Waals surface area (Å²) in [5.74, 6) is -1.19. The first-order valence-corrected chi connectivity index (χ1v) is 15.6. The number of nitro benzene ring substituents is 1. The molecule has 5 amide bonds. The van der Waals surface area contributed by atoms with E-state index in [1.807, 2.05) is 44.2 Å². The molecule has 0 bridgehead atoms. The Balaban J connectivity index is 0.000000838. The van der Waals surface area contributed by atoms with E-state index in [-0.39, 0.29) is 36.5 Å². The SMILES string of the molecule is CC(NC(=O)C1(C(=O)NCC(=O)Nc2ccc(COC(=O)Oc3ccc([N+](=O)[O-])cc3)cc2)CCC1)c1ccccc1.CCCNC(N)=O. The molecular weight excluding hydrogens is 636 g/mol. The number of nitrogens with zero attached hydrogens (tertiary/aromatic N) is 1. The van der Waals surface area contributed by atoms with E-state index in [4.69, 9.17) is 15.2 Å². The fourth-order valence-electron chi connectivity index (χ4n) is 4.62. The molecule has 3 aromatic carbocycles. The van der Waals surface area contributed by atoms with Crippen LogP contribution in [0, 0.1) is 15.5 Å². The standard InChI is InChI=1S/C30H30N4O8.C4H10N2O/c1-20(22-6-3-2-4-7-22)32-28(37)30(16-5-17-30)27(36)31-18-26(35)33-23-10-8-21(9-11-23)19-41-29(38)42-25-14-12-24(13-15-25)34(39)40;1-2-3-6-4(5)7/h2-4,6-15,20H,5,16-19H2,1H3,(H,31,36)(H,32,37)(H,33,35);2-3H2,1H3,(H3,5,6,7). The number of nitrogens with one attached hydrogen (secondary N) is 4. The minimum atomic E-state index is -1.19. The predicted molar refractivity (Wildman–Crippen MR) is 179 cm³/mol. The first-order valence-electron chi connectivity index (χ1n) is 15.6. The molecule has 15 heteroatoms. The lowest BCUT2D eigenvalue weighted by atomic mass is 9.67. The van der Waals surface area contributed by atoms with E-state index in [0.717, 1.165) is 18.4 Å². The highest BCUT2D eigenvalue weighted by Gasteiger charge is 2.51. The topological polar surface area (TPSA) is 221 Å². The van der Waals surface area contributed by atoms with Gasteiger partial charge in [0.05, 0.1) is 17.5 Å². The van der Waals surface area contributed by atoms with E-state index in [2.05, 4.69) is 21.3 Å². The lowest BCUT2D eigenvalue weighted by molar-refractivity contribution is -0.384. The van der Waals surface area contributed by atoms with Gasteiger partial charge in [0.25, 0.3) is 5.69 Å². The molecule has 15 nitrogen and oxygen atoms in total. The number of benzene rings is 3. The first kappa shape index (κ1) is 37.5. The van der Waals surface area contributed by atoms with E-state index < -0.39 is 34.3 Å². The predicted octanol–water partition coefficient (Wildman–Crippen LogP) is 4.48. The molecular formula is C34H40N6O9. The van der Waals surface area contributed by atoms with Crippen LogP contribution in [-0.4, -0.2) is 47.9 Å². The highest BCUT2D eigenvalue weighted by Crippen LogP contribution is 2.42. The van der Waals surface area contributed by atoms with Crippen LogP contribution in [0.3, 0.4) is 0 Å². The van der Waals surface area contributed by atoms with Crippen LogP contribution in [0.4, 0.5) is 21.0 Å². The molecule has 1 unspecified atom stereocenters. The fourth-order valence-corrected chi connectivity index (χ4v) is 4.62. The van der Waals surface area contributed by atoms with Crippen LogP contribution in [0.5, 0.6) is 5.75 Å². The second kappa shape index (κ2) is 18.4. The smallest absolute Gasteiger partial charge is 0.429 e. The maximum atomic E-state index is 13.0. The molecule has 6 N–H and O–H groups in total. The Bertz CT molecular complexity index is 1590. The van der Waals surface area contributed by atoms with Gasteiger partial charge < -0.3 is 36.5 Å². The molecule has 0 spiro atoms. The van der Waals surface area contributed by atoms with Crippen molar-refractivity contribution in [3.05, 3.63) is 100 Å². The number of hydrogen-bond donors (Lipinski definition) is 5. The van der Waals surface area contributed by atoms with Crippen molar-refractivity contribution in [1.29, 1.82) is 0 Å². The van der Waals surface area contributed by atoms with Crippen molar-refractivity contribution < 1.29 is 38.4 Å². The second-order valence-electron chi connectivity index (χ2n) is 11.2. The van der Waals surface area contributed by atoms with Crippen molar-refractivity contribution in [2.24, 2.45) is 11.1 Å². The third-order valence-electron chi connectivity index (χ3n) is 7.53. The minimum absolute atomic E-state index is 0.0985. The number of rotatable bonds is 13. The average molecular weight is 677 g/mol. The molecule has 1 atom stereocenters. The molecule has 1 saturated carbocycles. The summed E-state index contributed by atoms with van der Waals surface area (Å²) < 4.78 is 10.0. The van der Waals surface area contributed by atoms with Crippen LogP contribution in [-0.2, 0) is 25.7 Å². The number of ether oxygens (including phenoxy) is 2. The summed E-state index contributed by atoms with van der Waals surface area (Å²) in [6, 6.07) is 20.2. The molecule has 1 fully saturated rings. The van der Waals surface area contributed by atoms with Gasteiger partial charge in [-0.2, -0.15) is 0 Å². The van der Waals surface area contributed by atoms with Crippen LogP contribution >= 0.6 is 0 Å². The summed E-state index contributed by atoms with van der Waals surface area (Å²) in [6.07, 6.45) is 1.53. The number of hydrogen-bond acceptors (Lipinski definition) is 9. The molecule has 0 aliphatic heterocycles. The summed E-state index contributed by atoms with van der Waals surface area (Å²) in [7, 11) is 0. The Hall–Kier alpha value is -5.99. The number of anilines is 1. The zero-order valence-corrected chi connectivity index (χ0v) is 27.2. The molecule has 260 valence electrons. The van der Waals surface area contributed by atoms with Crippen molar-refractivity contribution in [3.63, 3.8) is 0 Å². The second-order valence-corrected chi connectivity index (χ2v) is 11.2. The van der Waals surface area contributed by atoms with E-state index in [9.17, 15) is 34.1 Å². The third-order valence-corrected chi connectivity index (χ3v) is 7.53. The number of primary amides is 1. The number of non-ortho nitro benzene ring substituents is 1. The van der Waals surface area contributed by atoms with Crippen molar-refractivity contribution in [2.75, 3.05) is 18.4 Å². The Morgan fingerprint density at radius 2 is 1.57 bits per heavy atom. The van der Waals surface area contributed by atoms with Crippen LogP contribution in [0.2, 0.25) is 0 Å². The molecule has 3 aromatic rings. The Labute approximate surface area is 283 Å². The Morgan fingerprint density at radius 1 is 0.918 bits per heavy atom. The largest absolute Gasteiger partial charge is 0.514 e. The summed E-state index contributed by atoms with van der Waals surface area (Å²) in [6.45, 7) is 4.09. The number of nitrogens with two attached hydrogens (primary N) is 1. The molecule has 0 heterocycles. The summed E-state index contributed by atoms with van der Waals surface area (Å²) in [4.78, 5) is 70.4. The minimum Gasteiger partial charge on any atom is -0.429 e. The van der Waals surface area contributed by atoms with E-state index >= 15 is 0 Å². The normalized spacial score (nSPS) is 13.1. The van der Waals surface area contributed by atoms with Crippen LogP contribution in [0.15, 0.2) is 78.9 Å². The summed E-state index contributed by atoms with van der Waals surface area (Å²) in [5, 5.41) is 21.3. The molecule has 0 radical (unpaired) electrons. The Morgan fingerprint density at radius 3 is 2.10 bits per heavy atom. The fraction of sp³-hybridized carbons (Fsp3) is 0.324. The summed E-state index contributed by atoms with van der Waals surface area (Å²) >= 11 is 0. The number of nitro groups is 1. The van der Waals surface area contributed by atoms with Gasteiger partial charge in [-0.25, -0.2) is 9.59 Å². The molecule has 0 aromatic heterocycles. The number of urea groups is 1. The van der Waals surface area contributed by atoms with E-state index in [1.54, 1.807) is 24.3 Å². The van der Waals surface area contributed by atoms with Crippen molar-refractivity contribution >= 4 is 41.3 Å². The third kappa shape index (κ3) is 11.6. The zero-order chi connectivity index (χ0) is 35.8. The van der Waals surface area contributed by atoms with Crippen LogP contribution < -0.4 is 31.7 Å². The summed E-state index contributed by atoms with van der Waals surface area (Å²) in [5.41, 5.74) is 5.41. The molecule has 49 heavy (non-hydrogen) atoms. The molecule has 1 aliphatic rings. The highest BCUT2D eigenvalue weighted by atomic mass is 16.7. The van der Waals surface area contributed by atoms with Crippen molar-refractivity contribution in [2.45, 2.75) is 52.2 Å². The number of carbonyl (C=O) groups is 5. The first-order chi connectivity index (χ1) is 23.4. The quantitative estimate of drug-likeness (QED) is 0.0565. The zero-order valence-electron chi connectivity index (χ0n) is 27.2. The van der Waals surface area contributed by atoms with Gasteiger partial charge in [0.1, 0.15) is 17.8 Å². The van der Waals surface area contributed by atoms with Gasteiger partial charge in [0.15, 0.2) is 0 Å². The van der Waals surface area contributed by atoms with Gasteiger partial charge in [0.2, 0.25) is 17.7 Å².